The van der Waals surface area contributed by atoms with E-state index in [-0.39, 0.29) is 5.41 Å². The molecule has 0 amide bonds. The van der Waals surface area contributed by atoms with E-state index in [0.29, 0.717) is 5.92 Å². The summed E-state index contributed by atoms with van der Waals surface area (Å²) in [6, 6.07) is 22.0. The van der Waals surface area contributed by atoms with Gasteiger partial charge in [-0.15, -0.1) is 0 Å². The second-order valence-electron chi connectivity index (χ2n) is 5.37. The molecule has 19 heavy (non-hydrogen) atoms. The van der Waals surface area contributed by atoms with Crippen LogP contribution in [-0.2, 0) is 5.41 Å². The van der Waals surface area contributed by atoms with Crippen LogP contribution in [-0.4, -0.2) is 0 Å². The van der Waals surface area contributed by atoms with E-state index in [1.54, 1.807) is 0 Å². The van der Waals surface area contributed by atoms with Crippen LogP contribution in [0.5, 0.6) is 0 Å². The lowest BCUT2D eigenvalue weighted by molar-refractivity contribution is 0.324. The molecule has 0 saturated carbocycles. The van der Waals surface area contributed by atoms with Crippen LogP contribution < -0.4 is 0 Å². The zero-order valence-corrected chi connectivity index (χ0v) is 12.3. The van der Waals surface area contributed by atoms with Gasteiger partial charge in [0.1, 0.15) is 0 Å². The first-order valence-corrected chi connectivity index (χ1v) is 7.36. The van der Waals surface area contributed by atoms with Crippen molar-refractivity contribution in [1.29, 1.82) is 0 Å². The van der Waals surface area contributed by atoms with Crippen molar-refractivity contribution in [3.63, 3.8) is 0 Å². The van der Waals surface area contributed by atoms with Gasteiger partial charge in [-0.05, 0) is 23.5 Å². The molecule has 2 aromatic carbocycles. The zero-order chi connectivity index (χ0) is 13.7. The van der Waals surface area contributed by atoms with Crippen LogP contribution in [0.4, 0.5) is 0 Å². The van der Waals surface area contributed by atoms with Crippen molar-refractivity contribution in [3.8, 4) is 0 Å². The predicted octanol–water partition coefficient (Wildman–Crippen LogP) is 5.43. The summed E-state index contributed by atoms with van der Waals surface area (Å²) >= 11 is 0. The lowest BCUT2D eigenvalue weighted by atomic mass is 9.64. The van der Waals surface area contributed by atoms with Crippen molar-refractivity contribution in [2.75, 3.05) is 0 Å². The van der Waals surface area contributed by atoms with Gasteiger partial charge in [0.25, 0.3) is 0 Å². The number of benzene rings is 2. The average Bonchev–Trinajstić information content (AvgIpc) is 2.50. The smallest absolute Gasteiger partial charge is 0.0225 e. The third kappa shape index (κ3) is 2.45. The summed E-state index contributed by atoms with van der Waals surface area (Å²) < 4.78 is 0. The molecule has 0 aliphatic rings. The van der Waals surface area contributed by atoms with Gasteiger partial charge >= 0.3 is 0 Å². The maximum Gasteiger partial charge on any atom is 0.0225 e. The summed E-state index contributed by atoms with van der Waals surface area (Å²) in [7, 11) is 0. The molecule has 0 aliphatic heterocycles. The molecule has 0 radical (unpaired) electrons. The van der Waals surface area contributed by atoms with Crippen LogP contribution in [0.15, 0.2) is 60.7 Å². The standard InChI is InChI=1S/C19H24/c1-4-16(3)19(5-2,17-12-8-6-9-13-17)18-14-10-7-11-15-18/h6-16H,4-5H2,1-3H3. The second kappa shape index (κ2) is 6.06. The van der Waals surface area contributed by atoms with Crippen molar-refractivity contribution >= 4 is 0 Å². The van der Waals surface area contributed by atoms with Crippen LogP contribution in [0.1, 0.15) is 44.7 Å². The molecular weight excluding hydrogens is 228 g/mol. The fourth-order valence-corrected chi connectivity index (χ4v) is 3.31. The molecule has 0 bridgehead atoms. The molecule has 0 saturated heterocycles. The highest BCUT2D eigenvalue weighted by molar-refractivity contribution is 5.40. The van der Waals surface area contributed by atoms with Gasteiger partial charge in [0.05, 0.1) is 0 Å². The summed E-state index contributed by atoms with van der Waals surface area (Å²) in [5.41, 5.74) is 3.02. The Hall–Kier alpha value is -1.56. The highest BCUT2D eigenvalue weighted by Crippen LogP contribution is 2.43. The minimum atomic E-state index is 0.136. The van der Waals surface area contributed by atoms with Crippen LogP contribution >= 0.6 is 0 Å². The van der Waals surface area contributed by atoms with E-state index in [9.17, 15) is 0 Å². The summed E-state index contributed by atoms with van der Waals surface area (Å²) in [4.78, 5) is 0. The van der Waals surface area contributed by atoms with Crippen molar-refractivity contribution in [2.45, 2.75) is 39.0 Å². The highest BCUT2D eigenvalue weighted by Gasteiger charge is 2.36. The quantitative estimate of drug-likeness (QED) is 0.665. The fraction of sp³-hybridized carbons (Fsp3) is 0.368. The molecule has 1 atom stereocenters. The first-order valence-electron chi connectivity index (χ1n) is 7.36. The summed E-state index contributed by atoms with van der Waals surface area (Å²) in [5, 5.41) is 0. The summed E-state index contributed by atoms with van der Waals surface area (Å²) in [6.45, 7) is 6.98. The maximum atomic E-state index is 2.38. The van der Waals surface area contributed by atoms with E-state index in [1.165, 1.54) is 17.5 Å². The SMILES string of the molecule is CCC(C)C(CC)(c1ccccc1)c1ccccc1. The largest absolute Gasteiger partial charge is 0.0651 e. The molecule has 2 aromatic rings. The molecule has 0 heteroatoms. The van der Waals surface area contributed by atoms with E-state index in [0.717, 1.165) is 6.42 Å². The minimum absolute atomic E-state index is 0.136. The first kappa shape index (κ1) is 13.9. The second-order valence-corrected chi connectivity index (χ2v) is 5.37. The Kier molecular flexibility index (Phi) is 4.42. The predicted molar refractivity (Wildman–Crippen MR) is 83.4 cm³/mol. The number of hydrogen-bond acceptors (Lipinski definition) is 0. The molecular formula is C19H24. The van der Waals surface area contributed by atoms with Gasteiger partial charge in [-0.25, -0.2) is 0 Å². The molecule has 0 heterocycles. The van der Waals surface area contributed by atoms with Gasteiger partial charge < -0.3 is 0 Å². The Bertz CT molecular complexity index is 444. The topological polar surface area (TPSA) is 0 Å². The van der Waals surface area contributed by atoms with Gasteiger partial charge in [0, 0.05) is 5.41 Å². The van der Waals surface area contributed by atoms with Crippen LogP contribution in [0, 0.1) is 5.92 Å². The zero-order valence-electron chi connectivity index (χ0n) is 12.3. The molecule has 0 N–H and O–H groups in total. The molecule has 0 aromatic heterocycles. The highest BCUT2D eigenvalue weighted by atomic mass is 14.4. The van der Waals surface area contributed by atoms with Crippen molar-refractivity contribution < 1.29 is 0 Å². The molecule has 100 valence electrons. The Morgan fingerprint density at radius 3 is 1.53 bits per heavy atom. The number of rotatable bonds is 5. The van der Waals surface area contributed by atoms with Gasteiger partial charge in [-0.3, -0.25) is 0 Å². The number of hydrogen-bond donors (Lipinski definition) is 0. The Morgan fingerprint density at radius 1 is 0.789 bits per heavy atom. The van der Waals surface area contributed by atoms with E-state index in [1.807, 2.05) is 0 Å². The lowest BCUT2D eigenvalue weighted by Crippen LogP contribution is -2.34. The van der Waals surface area contributed by atoms with Crippen LogP contribution in [0.3, 0.4) is 0 Å². The Balaban J connectivity index is 2.62. The third-order valence-corrected chi connectivity index (χ3v) is 4.59. The van der Waals surface area contributed by atoms with Crippen LogP contribution in [0.25, 0.3) is 0 Å². The Morgan fingerprint density at radius 2 is 1.21 bits per heavy atom. The van der Waals surface area contributed by atoms with E-state index < -0.39 is 0 Å². The molecule has 0 nitrogen and oxygen atoms in total. The molecule has 1 unspecified atom stereocenters. The molecule has 0 spiro atoms. The van der Waals surface area contributed by atoms with Gasteiger partial charge in [-0.1, -0.05) is 87.9 Å². The van der Waals surface area contributed by atoms with Gasteiger partial charge in [0.15, 0.2) is 0 Å². The van der Waals surface area contributed by atoms with E-state index in [4.69, 9.17) is 0 Å². The molecule has 0 fully saturated rings. The fourth-order valence-electron chi connectivity index (χ4n) is 3.31. The summed E-state index contributed by atoms with van der Waals surface area (Å²) in [6.07, 6.45) is 2.33. The molecule has 0 aliphatic carbocycles. The Labute approximate surface area is 117 Å². The normalized spacial score (nSPS) is 13.2. The van der Waals surface area contributed by atoms with Crippen molar-refractivity contribution in [1.82, 2.24) is 0 Å². The van der Waals surface area contributed by atoms with E-state index in [2.05, 4.69) is 81.4 Å². The van der Waals surface area contributed by atoms with Crippen molar-refractivity contribution in [2.24, 2.45) is 5.92 Å². The monoisotopic (exact) mass is 252 g/mol. The maximum absolute atomic E-state index is 2.38. The van der Waals surface area contributed by atoms with Gasteiger partial charge in [0.2, 0.25) is 0 Å². The molecule has 2 rings (SSSR count). The summed E-state index contributed by atoms with van der Waals surface area (Å²) in [5.74, 6) is 0.627. The van der Waals surface area contributed by atoms with Gasteiger partial charge in [-0.2, -0.15) is 0 Å². The van der Waals surface area contributed by atoms with Crippen LogP contribution in [0.2, 0.25) is 0 Å². The van der Waals surface area contributed by atoms with Crippen molar-refractivity contribution in [3.05, 3.63) is 71.8 Å². The first-order chi connectivity index (χ1) is 9.25. The average molecular weight is 252 g/mol. The van der Waals surface area contributed by atoms with E-state index >= 15 is 0 Å². The lowest BCUT2D eigenvalue weighted by Gasteiger charge is -2.39. The minimum Gasteiger partial charge on any atom is -0.0651 e. The third-order valence-electron chi connectivity index (χ3n) is 4.59.